The first-order valence-electron chi connectivity index (χ1n) is 9.13. The second kappa shape index (κ2) is 9.75. The number of carbonyl (C=O) groups excluding carboxylic acids is 2. The maximum absolute atomic E-state index is 12.3. The van der Waals surface area contributed by atoms with Gasteiger partial charge in [-0.1, -0.05) is 25.7 Å². The Morgan fingerprint density at radius 1 is 1.00 bits per heavy atom. The van der Waals surface area contributed by atoms with Crippen LogP contribution in [0.25, 0.3) is 0 Å². The minimum absolute atomic E-state index is 0.189. The van der Waals surface area contributed by atoms with E-state index in [1.807, 2.05) is 4.90 Å². The van der Waals surface area contributed by atoms with Crippen LogP contribution in [-0.2, 0) is 9.53 Å². The van der Waals surface area contributed by atoms with E-state index >= 15 is 0 Å². The summed E-state index contributed by atoms with van der Waals surface area (Å²) in [4.78, 5) is 27.4. The van der Waals surface area contributed by atoms with Gasteiger partial charge in [0.1, 0.15) is 0 Å². The maximum Gasteiger partial charge on any atom is 0.409 e. The number of rotatable bonds is 5. The topological polar surface area (TPSA) is 61.9 Å². The maximum atomic E-state index is 12.3. The molecule has 132 valence electrons. The third kappa shape index (κ3) is 6.01. The van der Waals surface area contributed by atoms with Crippen molar-refractivity contribution in [1.29, 1.82) is 0 Å². The zero-order valence-corrected chi connectivity index (χ0v) is 14.4. The summed E-state index contributed by atoms with van der Waals surface area (Å²) in [6.45, 7) is 5.33. The van der Waals surface area contributed by atoms with Crippen LogP contribution in [0.4, 0.5) is 4.79 Å². The van der Waals surface area contributed by atoms with Crippen LogP contribution in [0.15, 0.2) is 0 Å². The van der Waals surface area contributed by atoms with Gasteiger partial charge in [-0.15, -0.1) is 0 Å². The van der Waals surface area contributed by atoms with Crippen LogP contribution in [0.3, 0.4) is 0 Å². The summed E-state index contributed by atoms with van der Waals surface area (Å²) in [5, 5.41) is 3.54. The minimum Gasteiger partial charge on any atom is -0.450 e. The second-order valence-electron chi connectivity index (χ2n) is 6.46. The second-order valence-corrected chi connectivity index (χ2v) is 6.46. The van der Waals surface area contributed by atoms with E-state index < -0.39 is 0 Å². The predicted molar refractivity (Wildman–Crippen MR) is 89.3 cm³/mol. The van der Waals surface area contributed by atoms with Gasteiger partial charge >= 0.3 is 6.09 Å². The Bertz CT molecular complexity index is 373. The number of nitrogens with one attached hydrogen (secondary N) is 1. The van der Waals surface area contributed by atoms with E-state index in [1.165, 1.54) is 38.5 Å². The lowest BCUT2D eigenvalue weighted by Gasteiger charge is -2.34. The predicted octanol–water partition coefficient (Wildman–Crippen LogP) is 1.99. The van der Waals surface area contributed by atoms with E-state index in [1.54, 1.807) is 11.8 Å². The van der Waals surface area contributed by atoms with Crippen molar-refractivity contribution >= 4 is 12.0 Å². The first-order chi connectivity index (χ1) is 11.2. The summed E-state index contributed by atoms with van der Waals surface area (Å²) < 4.78 is 4.99. The highest BCUT2D eigenvalue weighted by atomic mass is 16.6. The molecule has 2 aliphatic rings. The molecule has 1 aliphatic carbocycles. The molecule has 0 aromatic heterocycles. The molecule has 0 spiro atoms. The Morgan fingerprint density at radius 3 is 2.22 bits per heavy atom. The zero-order chi connectivity index (χ0) is 16.5. The lowest BCUT2D eigenvalue weighted by atomic mass is 10.1. The summed E-state index contributed by atoms with van der Waals surface area (Å²) in [6.07, 6.45) is 8.08. The molecule has 0 aromatic rings. The van der Waals surface area contributed by atoms with E-state index in [2.05, 4.69) is 5.32 Å². The quantitative estimate of drug-likeness (QED) is 0.785. The highest BCUT2D eigenvalue weighted by Crippen LogP contribution is 2.17. The summed E-state index contributed by atoms with van der Waals surface area (Å²) in [6, 6.07) is 0.589. The fourth-order valence-corrected chi connectivity index (χ4v) is 3.38. The number of amides is 2. The number of nitrogens with zero attached hydrogens (tertiary/aromatic N) is 2. The molecule has 1 heterocycles. The summed E-state index contributed by atoms with van der Waals surface area (Å²) in [5.41, 5.74) is 0. The van der Waals surface area contributed by atoms with Gasteiger partial charge in [0, 0.05) is 45.2 Å². The van der Waals surface area contributed by atoms with Crippen LogP contribution in [0.2, 0.25) is 0 Å². The molecule has 0 atom stereocenters. The Kier molecular flexibility index (Phi) is 7.65. The molecule has 1 N–H and O–H groups in total. The van der Waals surface area contributed by atoms with Crippen molar-refractivity contribution in [1.82, 2.24) is 15.1 Å². The molecular weight excluding hydrogens is 294 g/mol. The number of piperazine rings is 1. The Morgan fingerprint density at radius 2 is 1.61 bits per heavy atom. The van der Waals surface area contributed by atoms with Crippen molar-refractivity contribution in [3.05, 3.63) is 0 Å². The molecule has 2 fully saturated rings. The van der Waals surface area contributed by atoms with Crippen LogP contribution in [0.1, 0.15) is 51.9 Å². The molecule has 1 saturated carbocycles. The van der Waals surface area contributed by atoms with Crippen LogP contribution in [-0.4, -0.2) is 67.2 Å². The normalized spacial score (nSPS) is 20.2. The van der Waals surface area contributed by atoms with E-state index in [0.29, 0.717) is 45.2 Å². The SMILES string of the molecule is CCOC(=O)N1CCN(C(=O)CCNC2CCCCCC2)CC1. The number of ether oxygens (including phenoxy) is 1. The molecule has 0 unspecified atom stereocenters. The average Bonchev–Trinajstić information content (AvgIpc) is 2.84. The zero-order valence-electron chi connectivity index (χ0n) is 14.4. The van der Waals surface area contributed by atoms with Gasteiger partial charge in [-0.25, -0.2) is 4.79 Å². The van der Waals surface area contributed by atoms with E-state index in [0.717, 1.165) is 6.54 Å². The van der Waals surface area contributed by atoms with Crippen LogP contribution >= 0.6 is 0 Å². The van der Waals surface area contributed by atoms with Crippen molar-refractivity contribution in [3.8, 4) is 0 Å². The number of hydrogen-bond donors (Lipinski definition) is 1. The van der Waals surface area contributed by atoms with Crippen LogP contribution in [0, 0.1) is 0 Å². The van der Waals surface area contributed by atoms with E-state index in [4.69, 9.17) is 4.74 Å². The van der Waals surface area contributed by atoms with Gasteiger partial charge in [-0.2, -0.15) is 0 Å². The van der Waals surface area contributed by atoms with Gasteiger partial charge in [-0.05, 0) is 19.8 Å². The van der Waals surface area contributed by atoms with Crippen molar-refractivity contribution < 1.29 is 14.3 Å². The average molecular weight is 325 g/mol. The molecule has 0 radical (unpaired) electrons. The molecular formula is C17H31N3O3. The lowest BCUT2D eigenvalue weighted by Crippen LogP contribution is -2.51. The van der Waals surface area contributed by atoms with Gasteiger partial charge in [0.05, 0.1) is 6.61 Å². The molecule has 2 amide bonds. The summed E-state index contributed by atoms with van der Waals surface area (Å²) in [5.74, 6) is 0.189. The van der Waals surface area contributed by atoms with Gasteiger partial charge in [0.2, 0.25) is 5.91 Å². The fraction of sp³-hybridized carbons (Fsp3) is 0.882. The third-order valence-corrected chi connectivity index (χ3v) is 4.79. The largest absolute Gasteiger partial charge is 0.450 e. The minimum atomic E-state index is -0.269. The lowest BCUT2D eigenvalue weighted by molar-refractivity contribution is -0.132. The molecule has 0 aromatic carbocycles. The van der Waals surface area contributed by atoms with Crippen LogP contribution < -0.4 is 5.32 Å². The standard InChI is InChI=1S/C17H31N3O3/c1-2-23-17(22)20-13-11-19(12-14-20)16(21)9-10-18-15-7-5-3-4-6-8-15/h15,18H,2-14H2,1H3. The first-order valence-corrected chi connectivity index (χ1v) is 9.13. The van der Waals surface area contributed by atoms with Crippen molar-refractivity contribution in [2.75, 3.05) is 39.3 Å². The van der Waals surface area contributed by atoms with E-state index in [-0.39, 0.29) is 12.0 Å². The Hall–Kier alpha value is -1.30. The van der Waals surface area contributed by atoms with Crippen LogP contribution in [0.5, 0.6) is 0 Å². The van der Waals surface area contributed by atoms with Gasteiger partial charge in [0.25, 0.3) is 0 Å². The van der Waals surface area contributed by atoms with Gasteiger partial charge in [-0.3, -0.25) is 4.79 Å². The van der Waals surface area contributed by atoms with Gasteiger partial charge in [0.15, 0.2) is 0 Å². The molecule has 0 bridgehead atoms. The summed E-state index contributed by atoms with van der Waals surface area (Å²) in [7, 11) is 0. The summed E-state index contributed by atoms with van der Waals surface area (Å²) >= 11 is 0. The monoisotopic (exact) mass is 325 g/mol. The molecule has 6 nitrogen and oxygen atoms in total. The Labute approximate surface area is 139 Å². The van der Waals surface area contributed by atoms with Gasteiger partial charge < -0.3 is 19.9 Å². The molecule has 23 heavy (non-hydrogen) atoms. The number of hydrogen-bond acceptors (Lipinski definition) is 4. The fourth-order valence-electron chi connectivity index (χ4n) is 3.38. The highest BCUT2D eigenvalue weighted by molar-refractivity contribution is 5.77. The molecule has 1 aliphatic heterocycles. The van der Waals surface area contributed by atoms with Crippen molar-refractivity contribution in [2.24, 2.45) is 0 Å². The highest BCUT2D eigenvalue weighted by Gasteiger charge is 2.24. The first kappa shape index (κ1) is 18.0. The smallest absolute Gasteiger partial charge is 0.409 e. The number of carbonyl (C=O) groups is 2. The molecule has 2 rings (SSSR count). The molecule has 6 heteroatoms. The van der Waals surface area contributed by atoms with Crippen molar-refractivity contribution in [3.63, 3.8) is 0 Å². The molecule has 1 saturated heterocycles. The van der Waals surface area contributed by atoms with Crippen molar-refractivity contribution in [2.45, 2.75) is 57.9 Å². The van der Waals surface area contributed by atoms with E-state index in [9.17, 15) is 9.59 Å². The third-order valence-electron chi connectivity index (χ3n) is 4.79. The Balaban J connectivity index is 1.62.